The van der Waals surface area contributed by atoms with Crippen LogP contribution in [0.2, 0.25) is 0 Å². The zero-order valence-corrected chi connectivity index (χ0v) is 10.8. The maximum absolute atomic E-state index is 11.9. The summed E-state index contributed by atoms with van der Waals surface area (Å²) in [4.78, 5) is 16.1. The fourth-order valence-electron chi connectivity index (χ4n) is 1.68. The van der Waals surface area contributed by atoms with E-state index in [9.17, 15) is 4.79 Å². The summed E-state index contributed by atoms with van der Waals surface area (Å²) in [5, 5.41) is 0. The average Bonchev–Trinajstić information content (AvgIpc) is 2.94. The number of aromatic nitrogens is 1. The van der Waals surface area contributed by atoms with Crippen molar-refractivity contribution >= 4 is 32.8 Å². The van der Waals surface area contributed by atoms with Crippen LogP contribution in [0.3, 0.4) is 0 Å². The zero-order valence-electron chi connectivity index (χ0n) is 9.22. The second kappa shape index (κ2) is 4.42. The Morgan fingerprint density at radius 2 is 2.00 bits per heavy atom. The summed E-state index contributed by atoms with van der Waals surface area (Å²) in [5.41, 5.74) is 1.43. The van der Waals surface area contributed by atoms with Gasteiger partial charge < -0.3 is 8.83 Å². The molecule has 3 aromatic rings. The third kappa shape index (κ3) is 2.09. The molecule has 0 aliphatic heterocycles. The van der Waals surface area contributed by atoms with Gasteiger partial charge in [0.05, 0.1) is 6.42 Å². The molecule has 3 rings (SSSR count). The molecule has 2 heterocycles. The van der Waals surface area contributed by atoms with Crippen LogP contribution in [-0.2, 0) is 6.42 Å². The first kappa shape index (κ1) is 11.2. The first-order chi connectivity index (χ1) is 8.72. The molecule has 18 heavy (non-hydrogen) atoms. The van der Waals surface area contributed by atoms with Gasteiger partial charge in [0.25, 0.3) is 0 Å². The van der Waals surface area contributed by atoms with Crippen molar-refractivity contribution in [3.05, 3.63) is 52.7 Å². The van der Waals surface area contributed by atoms with Crippen molar-refractivity contribution in [3.63, 3.8) is 0 Å². The number of carbonyl (C=O) groups is 1. The van der Waals surface area contributed by atoms with E-state index in [0.717, 1.165) is 5.52 Å². The predicted molar refractivity (Wildman–Crippen MR) is 68.5 cm³/mol. The second-order valence-corrected chi connectivity index (χ2v) is 4.56. The number of para-hydroxylation sites is 2. The molecular weight excluding hydrogens is 298 g/mol. The largest absolute Gasteiger partial charge is 0.446 e. The topological polar surface area (TPSA) is 56.2 Å². The number of Topliss-reactive ketones (excluding diaryl/α,β-unsaturated/α-hetero) is 1. The highest BCUT2D eigenvalue weighted by Gasteiger charge is 2.15. The minimum Gasteiger partial charge on any atom is -0.446 e. The SMILES string of the molecule is O=C(Cc1nc2ccccc2o1)c1ccc(Br)o1. The normalized spacial score (nSPS) is 10.9. The summed E-state index contributed by atoms with van der Waals surface area (Å²) in [5.74, 6) is 0.533. The van der Waals surface area contributed by atoms with Gasteiger partial charge in [0.15, 0.2) is 16.0 Å². The van der Waals surface area contributed by atoms with Gasteiger partial charge in [0, 0.05) is 0 Å². The van der Waals surface area contributed by atoms with E-state index in [4.69, 9.17) is 8.83 Å². The highest BCUT2D eigenvalue weighted by Crippen LogP contribution is 2.18. The molecule has 5 heteroatoms. The van der Waals surface area contributed by atoms with E-state index in [1.54, 1.807) is 12.1 Å². The average molecular weight is 306 g/mol. The standard InChI is InChI=1S/C13H8BrNO3/c14-12-6-5-11(17-12)9(16)7-13-15-8-3-1-2-4-10(8)18-13/h1-6H,7H2. The lowest BCUT2D eigenvalue weighted by Gasteiger charge is -1.92. The van der Waals surface area contributed by atoms with Gasteiger partial charge in [-0.3, -0.25) is 4.79 Å². The molecule has 90 valence electrons. The number of carbonyl (C=O) groups excluding carboxylic acids is 1. The molecule has 0 spiro atoms. The lowest BCUT2D eigenvalue weighted by Crippen LogP contribution is -2.01. The maximum atomic E-state index is 11.9. The van der Waals surface area contributed by atoms with Crippen molar-refractivity contribution in [2.75, 3.05) is 0 Å². The van der Waals surface area contributed by atoms with Gasteiger partial charge in [-0.1, -0.05) is 12.1 Å². The van der Waals surface area contributed by atoms with Gasteiger partial charge in [-0.15, -0.1) is 0 Å². The molecule has 0 aliphatic rings. The van der Waals surface area contributed by atoms with Crippen molar-refractivity contribution in [2.24, 2.45) is 0 Å². The van der Waals surface area contributed by atoms with E-state index < -0.39 is 0 Å². The highest BCUT2D eigenvalue weighted by atomic mass is 79.9. The minimum atomic E-state index is -0.160. The van der Waals surface area contributed by atoms with Gasteiger partial charge >= 0.3 is 0 Å². The Hall–Kier alpha value is -1.88. The van der Waals surface area contributed by atoms with Gasteiger partial charge in [-0.05, 0) is 40.2 Å². The molecular formula is C13H8BrNO3. The van der Waals surface area contributed by atoms with Crippen molar-refractivity contribution in [2.45, 2.75) is 6.42 Å². The maximum Gasteiger partial charge on any atom is 0.207 e. The fraction of sp³-hybridized carbons (Fsp3) is 0.0769. The van der Waals surface area contributed by atoms with Crippen molar-refractivity contribution in [1.82, 2.24) is 4.98 Å². The number of hydrogen-bond acceptors (Lipinski definition) is 4. The molecule has 0 saturated carbocycles. The Balaban J connectivity index is 1.86. The quantitative estimate of drug-likeness (QED) is 0.694. The van der Waals surface area contributed by atoms with Crippen LogP contribution in [0.1, 0.15) is 16.4 Å². The first-order valence-corrected chi connectivity index (χ1v) is 6.14. The van der Waals surface area contributed by atoms with Crippen molar-refractivity contribution < 1.29 is 13.6 Å². The number of furan rings is 1. The number of hydrogen-bond donors (Lipinski definition) is 0. The Morgan fingerprint density at radius 1 is 1.17 bits per heavy atom. The number of rotatable bonds is 3. The number of fused-ring (bicyclic) bond motifs is 1. The third-order valence-electron chi connectivity index (χ3n) is 2.50. The second-order valence-electron chi connectivity index (χ2n) is 3.78. The molecule has 1 aromatic carbocycles. The van der Waals surface area contributed by atoms with E-state index in [0.29, 0.717) is 21.9 Å². The van der Waals surface area contributed by atoms with Crippen molar-refractivity contribution in [1.29, 1.82) is 0 Å². The fourth-order valence-corrected chi connectivity index (χ4v) is 1.99. The summed E-state index contributed by atoms with van der Waals surface area (Å²) >= 11 is 3.16. The molecule has 0 amide bonds. The molecule has 0 bridgehead atoms. The number of oxazole rings is 1. The van der Waals surface area contributed by atoms with Crippen LogP contribution in [0.4, 0.5) is 0 Å². The molecule has 0 atom stereocenters. The molecule has 0 unspecified atom stereocenters. The van der Waals surface area contributed by atoms with Crippen LogP contribution in [0.15, 0.2) is 49.9 Å². The summed E-state index contributed by atoms with van der Waals surface area (Å²) in [6.07, 6.45) is 0.0919. The van der Waals surface area contributed by atoms with Crippen molar-refractivity contribution in [3.8, 4) is 0 Å². The van der Waals surface area contributed by atoms with Crippen LogP contribution < -0.4 is 0 Å². The van der Waals surface area contributed by atoms with Gasteiger partial charge in [-0.25, -0.2) is 4.98 Å². The Bertz CT molecular complexity index is 681. The third-order valence-corrected chi connectivity index (χ3v) is 2.92. The Kier molecular flexibility index (Phi) is 2.76. The monoisotopic (exact) mass is 305 g/mol. The molecule has 0 fully saturated rings. The summed E-state index contributed by atoms with van der Waals surface area (Å²) in [6, 6.07) is 10.7. The van der Waals surface area contributed by atoms with Crippen LogP contribution in [0.5, 0.6) is 0 Å². The molecule has 0 saturated heterocycles. The zero-order chi connectivity index (χ0) is 12.5. The summed E-state index contributed by atoms with van der Waals surface area (Å²) in [6.45, 7) is 0. The molecule has 4 nitrogen and oxygen atoms in total. The Labute approximate surface area is 111 Å². The van der Waals surface area contributed by atoms with Gasteiger partial charge in [0.1, 0.15) is 5.52 Å². The van der Waals surface area contributed by atoms with E-state index in [-0.39, 0.29) is 12.2 Å². The lowest BCUT2D eigenvalue weighted by molar-refractivity contribution is 0.0958. The van der Waals surface area contributed by atoms with Crippen LogP contribution in [0, 0.1) is 0 Å². The lowest BCUT2D eigenvalue weighted by atomic mass is 10.2. The van der Waals surface area contributed by atoms with Gasteiger partial charge in [0.2, 0.25) is 11.7 Å². The minimum absolute atomic E-state index is 0.0919. The first-order valence-electron chi connectivity index (χ1n) is 5.35. The number of nitrogens with zero attached hydrogens (tertiary/aromatic N) is 1. The molecule has 0 N–H and O–H groups in total. The van der Waals surface area contributed by atoms with Gasteiger partial charge in [-0.2, -0.15) is 0 Å². The van der Waals surface area contributed by atoms with E-state index >= 15 is 0 Å². The van der Waals surface area contributed by atoms with E-state index in [1.807, 2.05) is 24.3 Å². The molecule has 0 radical (unpaired) electrons. The van der Waals surface area contributed by atoms with E-state index in [2.05, 4.69) is 20.9 Å². The predicted octanol–water partition coefficient (Wildman–Crippen LogP) is 3.61. The number of ketones is 1. The summed E-state index contributed by atoms with van der Waals surface area (Å²) < 4.78 is 11.2. The molecule has 0 aliphatic carbocycles. The van der Waals surface area contributed by atoms with E-state index in [1.165, 1.54) is 0 Å². The number of benzene rings is 1. The Morgan fingerprint density at radius 3 is 2.72 bits per heavy atom. The van der Waals surface area contributed by atoms with Crippen LogP contribution >= 0.6 is 15.9 Å². The van der Waals surface area contributed by atoms with Crippen LogP contribution in [0.25, 0.3) is 11.1 Å². The smallest absolute Gasteiger partial charge is 0.207 e. The number of halogens is 1. The molecule has 2 aromatic heterocycles. The summed E-state index contributed by atoms with van der Waals surface area (Å²) in [7, 11) is 0. The van der Waals surface area contributed by atoms with Crippen LogP contribution in [-0.4, -0.2) is 10.8 Å². The highest BCUT2D eigenvalue weighted by molar-refractivity contribution is 9.10.